The standard InChI is InChI=1S/C19H23NO2/c1-21-18-11-5-10-17(16-9-6-12-20-13-16)19(18)22-14-15-7-3-2-4-8-15/h2-5,7-8,10-11,16,20H,6,9,12-14H2,1H3. The van der Waals surface area contributed by atoms with Gasteiger partial charge in [0.25, 0.3) is 0 Å². The summed E-state index contributed by atoms with van der Waals surface area (Å²) in [5, 5.41) is 3.48. The van der Waals surface area contributed by atoms with Crippen molar-refractivity contribution in [3.05, 3.63) is 59.7 Å². The van der Waals surface area contributed by atoms with E-state index in [2.05, 4.69) is 29.6 Å². The van der Waals surface area contributed by atoms with Gasteiger partial charge in [-0.3, -0.25) is 0 Å². The molecule has 1 heterocycles. The predicted molar refractivity (Wildman–Crippen MR) is 88.6 cm³/mol. The summed E-state index contributed by atoms with van der Waals surface area (Å²) < 4.78 is 11.7. The van der Waals surface area contributed by atoms with E-state index in [1.54, 1.807) is 7.11 Å². The number of rotatable bonds is 5. The molecule has 0 spiro atoms. The number of piperidine rings is 1. The van der Waals surface area contributed by atoms with Gasteiger partial charge >= 0.3 is 0 Å². The second kappa shape index (κ2) is 7.32. The lowest BCUT2D eigenvalue weighted by Crippen LogP contribution is -2.28. The number of hydrogen-bond donors (Lipinski definition) is 1. The fraction of sp³-hybridized carbons (Fsp3) is 0.368. The molecule has 2 aromatic rings. The second-order valence-corrected chi connectivity index (χ2v) is 5.70. The molecule has 3 heteroatoms. The first-order valence-electron chi connectivity index (χ1n) is 7.93. The Morgan fingerprint density at radius 1 is 1.09 bits per heavy atom. The molecule has 1 N–H and O–H groups in total. The zero-order valence-corrected chi connectivity index (χ0v) is 13.0. The van der Waals surface area contributed by atoms with Crippen LogP contribution in [0.3, 0.4) is 0 Å². The van der Waals surface area contributed by atoms with Crippen LogP contribution in [-0.2, 0) is 6.61 Å². The predicted octanol–water partition coefficient (Wildman–Crippen LogP) is 3.74. The molecular formula is C19H23NO2. The first-order chi connectivity index (χ1) is 10.9. The molecule has 1 atom stereocenters. The Kier molecular flexibility index (Phi) is 4.96. The van der Waals surface area contributed by atoms with E-state index in [1.165, 1.54) is 24.0 Å². The topological polar surface area (TPSA) is 30.5 Å². The summed E-state index contributed by atoms with van der Waals surface area (Å²) in [5.74, 6) is 2.20. The fourth-order valence-corrected chi connectivity index (χ4v) is 3.02. The Bertz CT molecular complexity index is 592. The summed E-state index contributed by atoms with van der Waals surface area (Å²) >= 11 is 0. The Labute approximate surface area is 132 Å². The van der Waals surface area contributed by atoms with E-state index in [1.807, 2.05) is 24.3 Å². The van der Waals surface area contributed by atoms with Gasteiger partial charge < -0.3 is 14.8 Å². The van der Waals surface area contributed by atoms with E-state index in [9.17, 15) is 0 Å². The van der Waals surface area contributed by atoms with Gasteiger partial charge in [-0.05, 0) is 31.0 Å². The minimum Gasteiger partial charge on any atom is -0.493 e. The van der Waals surface area contributed by atoms with E-state index < -0.39 is 0 Å². The summed E-state index contributed by atoms with van der Waals surface area (Å²) in [6.45, 7) is 2.68. The summed E-state index contributed by atoms with van der Waals surface area (Å²) in [4.78, 5) is 0. The van der Waals surface area contributed by atoms with Crippen molar-refractivity contribution >= 4 is 0 Å². The van der Waals surface area contributed by atoms with Crippen LogP contribution in [0.1, 0.15) is 29.9 Å². The number of ether oxygens (including phenoxy) is 2. The smallest absolute Gasteiger partial charge is 0.165 e. The van der Waals surface area contributed by atoms with E-state index >= 15 is 0 Å². The van der Waals surface area contributed by atoms with E-state index in [-0.39, 0.29) is 0 Å². The van der Waals surface area contributed by atoms with Crippen LogP contribution in [-0.4, -0.2) is 20.2 Å². The van der Waals surface area contributed by atoms with Crippen LogP contribution in [0.4, 0.5) is 0 Å². The molecule has 1 fully saturated rings. The van der Waals surface area contributed by atoms with Crippen molar-refractivity contribution < 1.29 is 9.47 Å². The van der Waals surface area contributed by atoms with Crippen molar-refractivity contribution in [1.29, 1.82) is 0 Å². The number of hydrogen-bond acceptors (Lipinski definition) is 3. The quantitative estimate of drug-likeness (QED) is 0.912. The van der Waals surface area contributed by atoms with Crippen molar-refractivity contribution in [2.45, 2.75) is 25.4 Å². The maximum Gasteiger partial charge on any atom is 0.165 e. The lowest BCUT2D eigenvalue weighted by molar-refractivity contribution is 0.277. The average molecular weight is 297 g/mol. The number of benzene rings is 2. The van der Waals surface area contributed by atoms with Gasteiger partial charge in [0, 0.05) is 18.0 Å². The zero-order chi connectivity index (χ0) is 15.2. The molecule has 0 aromatic heterocycles. The van der Waals surface area contributed by atoms with Crippen LogP contribution in [0.15, 0.2) is 48.5 Å². The Balaban J connectivity index is 1.83. The molecule has 0 aliphatic carbocycles. The third kappa shape index (κ3) is 3.42. The van der Waals surface area contributed by atoms with Crippen LogP contribution in [0, 0.1) is 0 Å². The van der Waals surface area contributed by atoms with E-state index in [4.69, 9.17) is 9.47 Å². The summed E-state index contributed by atoms with van der Waals surface area (Å²) in [5.41, 5.74) is 2.42. The molecule has 0 saturated carbocycles. The molecule has 1 saturated heterocycles. The SMILES string of the molecule is COc1cccc(C2CCCNC2)c1OCc1ccccc1. The second-order valence-electron chi connectivity index (χ2n) is 5.70. The lowest BCUT2D eigenvalue weighted by atomic mass is 9.91. The Morgan fingerprint density at radius 3 is 2.68 bits per heavy atom. The largest absolute Gasteiger partial charge is 0.493 e. The minimum absolute atomic E-state index is 0.495. The highest BCUT2D eigenvalue weighted by Crippen LogP contribution is 2.38. The minimum atomic E-state index is 0.495. The number of methoxy groups -OCH3 is 1. The summed E-state index contributed by atoms with van der Waals surface area (Å²) in [6.07, 6.45) is 2.40. The van der Waals surface area contributed by atoms with Gasteiger partial charge in [-0.25, -0.2) is 0 Å². The highest BCUT2D eigenvalue weighted by Gasteiger charge is 2.21. The van der Waals surface area contributed by atoms with Gasteiger partial charge in [0.2, 0.25) is 0 Å². The van der Waals surface area contributed by atoms with Gasteiger partial charge in [0.1, 0.15) is 6.61 Å². The van der Waals surface area contributed by atoms with Crippen molar-refractivity contribution in [1.82, 2.24) is 5.32 Å². The lowest BCUT2D eigenvalue weighted by Gasteiger charge is -2.26. The van der Waals surface area contributed by atoms with Gasteiger partial charge in [-0.15, -0.1) is 0 Å². The van der Waals surface area contributed by atoms with Crippen LogP contribution >= 0.6 is 0 Å². The molecule has 1 unspecified atom stereocenters. The normalized spacial score (nSPS) is 18.0. The molecule has 0 radical (unpaired) electrons. The molecule has 22 heavy (non-hydrogen) atoms. The molecule has 1 aliphatic rings. The first-order valence-corrected chi connectivity index (χ1v) is 7.93. The van der Waals surface area contributed by atoms with Crippen LogP contribution in [0.2, 0.25) is 0 Å². The third-order valence-electron chi connectivity index (χ3n) is 4.19. The van der Waals surface area contributed by atoms with Crippen molar-refractivity contribution in [2.75, 3.05) is 20.2 Å². The fourth-order valence-electron chi connectivity index (χ4n) is 3.02. The molecule has 3 rings (SSSR count). The highest BCUT2D eigenvalue weighted by molar-refractivity contribution is 5.48. The summed E-state index contributed by atoms with van der Waals surface area (Å²) in [7, 11) is 1.70. The highest BCUT2D eigenvalue weighted by atomic mass is 16.5. The summed E-state index contributed by atoms with van der Waals surface area (Å²) in [6, 6.07) is 16.4. The number of nitrogens with one attached hydrogen (secondary N) is 1. The average Bonchev–Trinajstić information content (AvgIpc) is 2.61. The first kappa shape index (κ1) is 14.9. The van der Waals surface area contributed by atoms with Gasteiger partial charge in [-0.1, -0.05) is 42.5 Å². The van der Waals surface area contributed by atoms with E-state index in [0.717, 1.165) is 24.6 Å². The Hall–Kier alpha value is -2.00. The van der Waals surface area contributed by atoms with Gasteiger partial charge in [-0.2, -0.15) is 0 Å². The monoisotopic (exact) mass is 297 g/mol. The maximum atomic E-state index is 6.15. The van der Waals surface area contributed by atoms with Crippen LogP contribution < -0.4 is 14.8 Å². The molecule has 2 aromatic carbocycles. The molecular weight excluding hydrogens is 274 g/mol. The van der Waals surface area contributed by atoms with Crippen LogP contribution in [0.5, 0.6) is 11.5 Å². The zero-order valence-electron chi connectivity index (χ0n) is 13.0. The Morgan fingerprint density at radius 2 is 1.95 bits per heavy atom. The van der Waals surface area contributed by atoms with Gasteiger partial charge in [0.15, 0.2) is 11.5 Å². The molecule has 1 aliphatic heterocycles. The van der Waals surface area contributed by atoms with Crippen LogP contribution in [0.25, 0.3) is 0 Å². The van der Waals surface area contributed by atoms with Crippen molar-refractivity contribution in [2.24, 2.45) is 0 Å². The van der Waals surface area contributed by atoms with E-state index in [0.29, 0.717) is 12.5 Å². The molecule has 0 amide bonds. The molecule has 3 nitrogen and oxygen atoms in total. The third-order valence-corrected chi connectivity index (χ3v) is 4.19. The van der Waals surface area contributed by atoms with Gasteiger partial charge in [0.05, 0.1) is 7.11 Å². The molecule has 0 bridgehead atoms. The number of para-hydroxylation sites is 1. The van der Waals surface area contributed by atoms with Crippen molar-refractivity contribution in [3.8, 4) is 11.5 Å². The molecule has 116 valence electrons. The maximum absolute atomic E-state index is 6.15. The van der Waals surface area contributed by atoms with Crippen molar-refractivity contribution in [3.63, 3.8) is 0 Å².